The van der Waals surface area contributed by atoms with Gasteiger partial charge in [0.05, 0.1) is 11.1 Å². The molecule has 6 aromatic rings. The molecule has 3 aromatic heterocycles. The van der Waals surface area contributed by atoms with Crippen molar-refractivity contribution in [3.8, 4) is 16.4 Å². The van der Waals surface area contributed by atoms with E-state index in [1.54, 1.807) is 84.2 Å². The Morgan fingerprint density at radius 2 is 1.49 bits per heavy atom. The molecule has 0 saturated heterocycles. The molecule has 43 heavy (non-hydrogen) atoms. The fraction of sp³-hybridized carbons (Fsp3) is 0. The molecule has 0 saturated carbocycles. The van der Waals surface area contributed by atoms with Crippen LogP contribution in [0.5, 0.6) is 0 Å². The largest absolute Gasteiger partial charge is 0.323 e. The number of amides is 2. The second-order valence-electron chi connectivity index (χ2n) is 8.90. The molecule has 0 bridgehead atoms. The Hall–Kier alpha value is -4.82. The molecule has 0 fully saturated rings. The SMILES string of the molecule is O=C(NC(=S)Nc1scc2c(-c3nnc(NC(=O)c4ccccc4)s3)nn(-c3ccc(Cl)cc3)c(=O)c12)c1ccccc1. The van der Waals surface area contributed by atoms with Gasteiger partial charge < -0.3 is 5.32 Å². The first-order valence-electron chi connectivity index (χ1n) is 12.6. The maximum atomic E-state index is 13.8. The van der Waals surface area contributed by atoms with Gasteiger partial charge in [-0.25, -0.2) is 0 Å². The van der Waals surface area contributed by atoms with Crippen LogP contribution in [0.3, 0.4) is 0 Å². The van der Waals surface area contributed by atoms with Crippen LogP contribution in [-0.4, -0.2) is 36.9 Å². The summed E-state index contributed by atoms with van der Waals surface area (Å²) in [4.78, 5) is 39.1. The summed E-state index contributed by atoms with van der Waals surface area (Å²) >= 11 is 13.8. The first-order chi connectivity index (χ1) is 20.9. The number of fused-ring (bicyclic) bond motifs is 1. The number of hydrogen-bond acceptors (Lipinski definition) is 9. The van der Waals surface area contributed by atoms with Crippen LogP contribution >= 0.6 is 46.5 Å². The third-order valence-electron chi connectivity index (χ3n) is 6.10. The van der Waals surface area contributed by atoms with Crippen LogP contribution in [0.1, 0.15) is 20.7 Å². The first-order valence-corrected chi connectivity index (χ1v) is 15.0. The molecule has 2 amide bonds. The monoisotopic (exact) mass is 643 g/mol. The lowest BCUT2D eigenvalue weighted by Crippen LogP contribution is -2.34. The van der Waals surface area contributed by atoms with Crippen molar-refractivity contribution in [2.75, 3.05) is 10.6 Å². The molecule has 0 aliphatic carbocycles. The van der Waals surface area contributed by atoms with E-state index in [0.29, 0.717) is 42.9 Å². The van der Waals surface area contributed by atoms with Crippen molar-refractivity contribution in [2.24, 2.45) is 0 Å². The molecule has 0 unspecified atom stereocenters. The molecule has 14 heteroatoms. The topological polar surface area (TPSA) is 131 Å². The maximum absolute atomic E-state index is 13.8. The van der Waals surface area contributed by atoms with Gasteiger partial charge in [0.25, 0.3) is 17.4 Å². The van der Waals surface area contributed by atoms with Crippen molar-refractivity contribution in [1.29, 1.82) is 0 Å². The fourth-order valence-electron chi connectivity index (χ4n) is 4.08. The molecule has 0 spiro atoms. The Morgan fingerprint density at radius 1 is 0.837 bits per heavy atom. The molecule has 0 radical (unpaired) electrons. The first kappa shape index (κ1) is 28.3. The number of rotatable bonds is 6. The predicted octanol–water partition coefficient (Wildman–Crippen LogP) is 6.00. The summed E-state index contributed by atoms with van der Waals surface area (Å²) in [6.45, 7) is 0. The summed E-state index contributed by atoms with van der Waals surface area (Å²) in [6.07, 6.45) is 0. The second-order valence-corrected chi connectivity index (χ2v) is 11.6. The highest BCUT2D eigenvalue weighted by Crippen LogP contribution is 2.36. The van der Waals surface area contributed by atoms with Crippen LogP contribution in [-0.2, 0) is 0 Å². The number of nitrogens with zero attached hydrogens (tertiary/aromatic N) is 4. The average Bonchev–Trinajstić information content (AvgIpc) is 3.66. The van der Waals surface area contributed by atoms with Crippen molar-refractivity contribution in [1.82, 2.24) is 25.3 Å². The van der Waals surface area contributed by atoms with Gasteiger partial charge >= 0.3 is 0 Å². The van der Waals surface area contributed by atoms with E-state index < -0.39 is 5.56 Å². The minimum absolute atomic E-state index is 0.0234. The predicted molar refractivity (Wildman–Crippen MR) is 174 cm³/mol. The van der Waals surface area contributed by atoms with Crippen LogP contribution in [0, 0.1) is 0 Å². The summed E-state index contributed by atoms with van der Waals surface area (Å²) < 4.78 is 1.24. The van der Waals surface area contributed by atoms with E-state index in [1.165, 1.54) is 16.0 Å². The lowest BCUT2D eigenvalue weighted by atomic mass is 10.2. The Morgan fingerprint density at radius 3 is 2.16 bits per heavy atom. The molecule has 6 rings (SSSR count). The van der Waals surface area contributed by atoms with Gasteiger partial charge in [-0.05, 0) is 60.7 Å². The number of hydrogen-bond donors (Lipinski definition) is 3. The minimum Gasteiger partial charge on any atom is -0.323 e. The van der Waals surface area contributed by atoms with Gasteiger partial charge in [-0.3, -0.25) is 25.0 Å². The molecule has 0 aliphatic heterocycles. The third-order valence-corrected chi connectivity index (χ3v) is 8.29. The zero-order valence-corrected chi connectivity index (χ0v) is 25.0. The molecule has 10 nitrogen and oxygen atoms in total. The minimum atomic E-state index is -0.427. The number of anilines is 2. The lowest BCUT2D eigenvalue weighted by molar-refractivity contribution is 0.0976. The van der Waals surface area contributed by atoms with Crippen molar-refractivity contribution >= 4 is 84.3 Å². The molecular weight excluding hydrogens is 626 g/mol. The quantitative estimate of drug-likeness (QED) is 0.189. The molecule has 0 aliphatic rings. The van der Waals surface area contributed by atoms with E-state index in [1.807, 2.05) is 6.07 Å². The molecule has 212 valence electrons. The number of thiocarbonyl (C=S) groups is 1. The molecular formula is C29H18ClN7O3S3. The summed E-state index contributed by atoms with van der Waals surface area (Å²) in [5.74, 6) is -0.723. The van der Waals surface area contributed by atoms with Gasteiger partial charge in [0.1, 0.15) is 10.7 Å². The van der Waals surface area contributed by atoms with Crippen LogP contribution in [0.4, 0.5) is 10.1 Å². The fourth-order valence-corrected chi connectivity index (χ4v) is 6.15. The van der Waals surface area contributed by atoms with Gasteiger partial charge in [0, 0.05) is 26.9 Å². The third kappa shape index (κ3) is 6.05. The average molecular weight is 644 g/mol. The van der Waals surface area contributed by atoms with E-state index in [-0.39, 0.29) is 27.4 Å². The number of benzene rings is 3. The smallest absolute Gasteiger partial charge is 0.282 e. The zero-order valence-electron chi connectivity index (χ0n) is 21.8. The highest BCUT2D eigenvalue weighted by atomic mass is 35.5. The van der Waals surface area contributed by atoms with Crippen LogP contribution in [0.25, 0.3) is 27.2 Å². The second kappa shape index (κ2) is 12.2. The van der Waals surface area contributed by atoms with Gasteiger partial charge in [0.15, 0.2) is 10.1 Å². The van der Waals surface area contributed by atoms with E-state index in [2.05, 4.69) is 31.2 Å². The highest BCUT2D eigenvalue weighted by molar-refractivity contribution is 7.80. The highest BCUT2D eigenvalue weighted by Gasteiger charge is 2.22. The Balaban J connectivity index is 1.38. The Labute approximate surface area is 262 Å². The molecule has 3 heterocycles. The van der Waals surface area contributed by atoms with Crippen molar-refractivity contribution < 1.29 is 9.59 Å². The van der Waals surface area contributed by atoms with E-state index in [9.17, 15) is 14.4 Å². The van der Waals surface area contributed by atoms with Crippen molar-refractivity contribution in [3.05, 3.63) is 117 Å². The number of nitrogens with one attached hydrogen (secondary N) is 3. The lowest BCUT2D eigenvalue weighted by Gasteiger charge is -2.11. The Bertz CT molecular complexity index is 2040. The number of carbonyl (C=O) groups excluding carboxylic acids is 2. The van der Waals surface area contributed by atoms with E-state index in [4.69, 9.17) is 23.8 Å². The number of halogens is 1. The summed E-state index contributed by atoms with van der Waals surface area (Å²) in [7, 11) is 0. The van der Waals surface area contributed by atoms with Gasteiger partial charge in [0.2, 0.25) is 5.13 Å². The summed E-state index contributed by atoms with van der Waals surface area (Å²) in [5, 5.41) is 25.5. The molecule has 3 aromatic carbocycles. The maximum Gasteiger partial charge on any atom is 0.282 e. The van der Waals surface area contributed by atoms with Crippen molar-refractivity contribution in [2.45, 2.75) is 0 Å². The van der Waals surface area contributed by atoms with Crippen molar-refractivity contribution in [3.63, 3.8) is 0 Å². The summed E-state index contributed by atoms with van der Waals surface area (Å²) in [5.41, 5.74) is 1.32. The van der Waals surface area contributed by atoms with Crippen LogP contribution in [0.15, 0.2) is 95.1 Å². The standard InChI is InChI=1S/C29H18ClN7O3S3/c30-18-11-13-19(14-12-18)37-27(40)21-20(15-42-25(21)33-28(41)31-23(38)16-7-3-1-4-8-16)22(36-37)26-34-35-29(43-26)32-24(39)17-9-5-2-6-10-17/h1-15H,(H,32,35,39)(H2,31,33,38,41). The normalized spacial score (nSPS) is 10.8. The van der Waals surface area contributed by atoms with Gasteiger partial charge in [-0.15, -0.1) is 21.5 Å². The van der Waals surface area contributed by atoms with E-state index in [0.717, 1.165) is 11.3 Å². The summed E-state index contributed by atoms with van der Waals surface area (Å²) in [6, 6.07) is 24.0. The molecule has 3 N–H and O–H groups in total. The van der Waals surface area contributed by atoms with E-state index >= 15 is 0 Å². The molecule has 0 atom stereocenters. The van der Waals surface area contributed by atoms with Gasteiger partial charge in [-0.1, -0.05) is 59.3 Å². The Kier molecular flexibility index (Phi) is 8.03. The van der Waals surface area contributed by atoms with Crippen LogP contribution in [0.2, 0.25) is 5.02 Å². The zero-order chi connectivity index (χ0) is 29.9. The van der Waals surface area contributed by atoms with Gasteiger partial charge in [-0.2, -0.15) is 9.78 Å². The van der Waals surface area contributed by atoms with Crippen LogP contribution < -0.4 is 21.5 Å². The number of carbonyl (C=O) groups is 2. The number of thiophene rings is 1. The number of aromatic nitrogens is 4.